The van der Waals surface area contributed by atoms with Crippen LogP contribution in [0.2, 0.25) is 0 Å². The van der Waals surface area contributed by atoms with Gasteiger partial charge in [0.05, 0.1) is 10.0 Å². The van der Waals surface area contributed by atoms with Gasteiger partial charge in [-0.05, 0) is 40.5 Å². The summed E-state index contributed by atoms with van der Waals surface area (Å²) in [6.07, 6.45) is -4.49. The molecule has 1 aromatic rings. The lowest BCUT2D eigenvalue weighted by molar-refractivity contribution is -0.137. The Bertz CT molecular complexity index is 306. The van der Waals surface area contributed by atoms with E-state index in [1.54, 1.807) is 0 Å². The maximum atomic E-state index is 12.8. The molecule has 0 amide bonds. The minimum atomic E-state index is -4.49. The first kappa shape index (κ1) is 10.5. The first-order valence-electron chi connectivity index (χ1n) is 3.35. The van der Waals surface area contributed by atoms with E-state index in [2.05, 4.69) is 15.9 Å². The smallest absolute Gasteiger partial charge is 0.206 e. The molecule has 0 aliphatic carbocycles. The van der Waals surface area contributed by atoms with Gasteiger partial charge in [0.25, 0.3) is 0 Å². The van der Waals surface area contributed by atoms with Crippen molar-refractivity contribution < 1.29 is 17.6 Å². The third-order valence-corrected chi connectivity index (χ3v) is 2.54. The molecule has 1 aromatic carbocycles. The molecule has 0 atom stereocenters. The summed E-state index contributed by atoms with van der Waals surface area (Å²) < 4.78 is 49.2. The van der Waals surface area contributed by atoms with Crippen LogP contribution in [0.4, 0.5) is 17.6 Å². The molecular weight excluding hydrogens is 252 g/mol. The Hall–Kier alpha value is -0.580. The van der Waals surface area contributed by atoms with Gasteiger partial charge in [-0.2, -0.15) is 13.2 Å². The molecule has 0 spiro atoms. The number of benzene rings is 1. The molecule has 0 aromatic heterocycles. The number of hydrogen-bond donors (Lipinski definition) is 0. The average Bonchev–Trinajstić information content (AvgIpc) is 1.97. The zero-order chi connectivity index (χ0) is 10.2. The third-order valence-electron chi connectivity index (χ3n) is 1.54. The number of aryl methyl sites for hydroxylation is 1. The summed E-state index contributed by atoms with van der Waals surface area (Å²) in [6, 6.07) is 1.37. The van der Waals surface area contributed by atoms with Gasteiger partial charge < -0.3 is 0 Å². The molecule has 0 unspecified atom stereocenters. The van der Waals surface area contributed by atoms with Crippen LogP contribution in [-0.2, 0) is 6.18 Å². The van der Waals surface area contributed by atoms with Crippen LogP contribution < -0.4 is 0 Å². The van der Waals surface area contributed by atoms with Gasteiger partial charge in [0, 0.05) is 0 Å². The van der Waals surface area contributed by atoms with Crippen molar-refractivity contribution >= 4 is 15.9 Å². The van der Waals surface area contributed by atoms with Crippen LogP contribution in [0.1, 0.15) is 11.1 Å². The Morgan fingerprint density at radius 1 is 1.23 bits per heavy atom. The molecule has 0 heterocycles. The fraction of sp³-hybridized carbons (Fsp3) is 0.250. The van der Waals surface area contributed by atoms with E-state index in [-0.39, 0.29) is 10.0 Å². The molecule has 5 heteroatoms. The lowest BCUT2D eigenvalue weighted by atomic mass is 10.1. The number of halogens is 5. The lowest BCUT2D eigenvalue weighted by Gasteiger charge is -2.08. The van der Waals surface area contributed by atoms with Crippen molar-refractivity contribution in [1.82, 2.24) is 0 Å². The van der Waals surface area contributed by atoms with Gasteiger partial charge >= 0.3 is 6.18 Å². The number of rotatable bonds is 0. The zero-order valence-electron chi connectivity index (χ0n) is 6.54. The second kappa shape index (κ2) is 3.29. The Morgan fingerprint density at radius 3 is 2.15 bits per heavy atom. The summed E-state index contributed by atoms with van der Waals surface area (Å²) in [5.41, 5.74) is -0.738. The zero-order valence-corrected chi connectivity index (χ0v) is 8.13. The minimum Gasteiger partial charge on any atom is -0.206 e. The molecule has 1 rings (SSSR count). The summed E-state index contributed by atoms with van der Waals surface area (Å²) in [5, 5.41) is 0. The summed E-state index contributed by atoms with van der Waals surface area (Å²) in [7, 11) is 0. The maximum absolute atomic E-state index is 12.8. The summed E-state index contributed by atoms with van der Waals surface area (Å²) in [5.74, 6) is -0.896. The van der Waals surface area contributed by atoms with Gasteiger partial charge in [-0.25, -0.2) is 4.39 Å². The Balaban J connectivity index is 3.29. The fourth-order valence-corrected chi connectivity index (χ4v) is 1.12. The minimum absolute atomic E-state index is 0.0699. The summed E-state index contributed by atoms with van der Waals surface area (Å²) >= 11 is 2.84. The predicted octanol–water partition coefficient (Wildman–Crippen LogP) is 3.92. The van der Waals surface area contributed by atoms with Crippen LogP contribution in [-0.4, -0.2) is 0 Å². The van der Waals surface area contributed by atoms with Crippen LogP contribution in [0, 0.1) is 12.7 Å². The maximum Gasteiger partial charge on any atom is 0.416 e. The molecule has 0 N–H and O–H groups in total. The molecule has 13 heavy (non-hydrogen) atoms. The highest BCUT2D eigenvalue weighted by atomic mass is 79.9. The molecule has 0 aliphatic heterocycles. The molecule has 0 nitrogen and oxygen atoms in total. The van der Waals surface area contributed by atoms with Crippen molar-refractivity contribution in [3.8, 4) is 0 Å². The summed E-state index contributed by atoms with van der Waals surface area (Å²) in [4.78, 5) is 0. The van der Waals surface area contributed by atoms with E-state index in [4.69, 9.17) is 0 Å². The van der Waals surface area contributed by atoms with E-state index >= 15 is 0 Å². The third kappa shape index (κ3) is 2.21. The fourth-order valence-electron chi connectivity index (χ4n) is 0.890. The molecule has 0 bridgehead atoms. The first-order chi connectivity index (χ1) is 5.82. The highest BCUT2D eigenvalue weighted by Gasteiger charge is 2.31. The molecule has 0 radical (unpaired) electrons. The normalized spacial score (nSPS) is 11.8. The van der Waals surface area contributed by atoms with Crippen molar-refractivity contribution in [2.75, 3.05) is 0 Å². The van der Waals surface area contributed by atoms with Gasteiger partial charge in [0.2, 0.25) is 0 Å². The standard InChI is InChI=1S/C8H5BrF4/c1-4-2-5(8(11,12)13)3-6(10)7(4)9/h2-3H,1H3. The van der Waals surface area contributed by atoms with E-state index < -0.39 is 17.6 Å². The van der Waals surface area contributed by atoms with Gasteiger partial charge in [-0.1, -0.05) is 0 Å². The van der Waals surface area contributed by atoms with E-state index in [1.807, 2.05) is 0 Å². The second-order valence-electron chi connectivity index (χ2n) is 2.59. The second-order valence-corrected chi connectivity index (χ2v) is 3.38. The van der Waals surface area contributed by atoms with E-state index in [0.29, 0.717) is 6.07 Å². The van der Waals surface area contributed by atoms with Crippen LogP contribution in [0.5, 0.6) is 0 Å². The largest absolute Gasteiger partial charge is 0.416 e. The average molecular weight is 257 g/mol. The van der Waals surface area contributed by atoms with Gasteiger partial charge in [0.15, 0.2) is 0 Å². The monoisotopic (exact) mass is 256 g/mol. The number of hydrogen-bond acceptors (Lipinski definition) is 0. The van der Waals surface area contributed by atoms with Gasteiger partial charge in [-0.3, -0.25) is 0 Å². The SMILES string of the molecule is Cc1cc(C(F)(F)F)cc(F)c1Br. The van der Waals surface area contributed by atoms with Crippen LogP contribution >= 0.6 is 15.9 Å². The molecule has 0 saturated carbocycles. The molecular formula is C8H5BrF4. The van der Waals surface area contributed by atoms with E-state index in [1.165, 1.54) is 6.92 Å². The Kier molecular flexibility index (Phi) is 2.66. The van der Waals surface area contributed by atoms with Gasteiger partial charge in [-0.15, -0.1) is 0 Å². The van der Waals surface area contributed by atoms with Gasteiger partial charge in [0.1, 0.15) is 5.82 Å². The molecule has 72 valence electrons. The Labute approximate surface area is 80.7 Å². The van der Waals surface area contributed by atoms with Crippen molar-refractivity contribution in [2.45, 2.75) is 13.1 Å². The lowest BCUT2D eigenvalue weighted by Crippen LogP contribution is -2.06. The Morgan fingerprint density at radius 2 is 1.77 bits per heavy atom. The highest BCUT2D eigenvalue weighted by Crippen LogP contribution is 2.33. The molecule has 0 saturated heterocycles. The highest BCUT2D eigenvalue weighted by molar-refractivity contribution is 9.10. The molecule has 0 aliphatic rings. The first-order valence-corrected chi connectivity index (χ1v) is 4.14. The predicted molar refractivity (Wildman–Crippen MR) is 43.8 cm³/mol. The number of alkyl halides is 3. The van der Waals surface area contributed by atoms with Crippen molar-refractivity contribution in [3.05, 3.63) is 33.5 Å². The van der Waals surface area contributed by atoms with E-state index in [0.717, 1.165) is 6.07 Å². The van der Waals surface area contributed by atoms with Crippen molar-refractivity contribution in [3.63, 3.8) is 0 Å². The molecule has 0 fully saturated rings. The van der Waals surface area contributed by atoms with Crippen LogP contribution in [0.25, 0.3) is 0 Å². The van der Waals surface area contributed by atoms with Crippen LogP contribution in [0.15, 0.2) is 16.6 Å². The van der Waals surface area contributed by atoms with Crippen molar-refractivity contribution in [1.29, 1.82) is 0 Å². The van der Waals surface area contributed by atoms with Crippen molar-refractivity contribution in [2.24, 2.45) is 0 Å². The topological polar surface area (TPSA) is 0 Å². The summed E-state index contributed by atoms with van der Waals surface area (Å²) in [6.45, 7) is 1.41. The quantitative estimate of drug-likeness (QED) is 0.618. The van der Waals surface area contributed by atoms with E-state index in [9.17, 15) is 17.6 Å². The van der Waals surface area contributed by atoms with Crippen LogP contribution in [0.3, 0.4) is 0 Å².